The van der Waals surface area contributed by atoms with Gasteiger partial charge in [0.1, 0.15) is 0 Å². The maximum atomic E-state index is 13.1. The van der Waals surface area contributed by atoms with Crippen LogP contribution in [0, 0.1) is 0 Å². The number of carbonyl (C=O) groups is 2. The van der Waals surface area contributed by atoms with Gasteiger partial charge in [0.25, 0.3) is 0 Å². The van der Waals surface area contributed by atoms with E-state index in [1.54, 1.807) is 0 Å². The molecule has 5 heteroatoms. The lowest BCUT2D eigenvalue weighted by atomic mass is 10.0. The zero-order valence-corrected chi connectivity index (χ0v) is 7.94. The van der Waals surface area contributed by atoms with E-state index < -0.39 is 29.3 Å². The molecule has 0 aromatic heterocycles. The molecular formula is C10H11FO4. The van der Waals surface area contributed by atoms with Gasteiger partial charge < -0.3 is 10.2 Å². The van der Waals surface area contributed by atoms with E-state index in [-0.39, 0.29) is 6.42 Å². The van der Waals surface area contributed by atoms with Crippen molar-refractivity contribution in [1.29, 1.82) is 0 Å². The molecule has 4 nitrogen and oxygen atoms in total. The number of aliphatic carboxylic acids is 2. The van der Waals surface area contributed by atoms with E-state index >= 15 is 0 Å². The molecule has 15 heavy (non-hydrogen) atoms. The van der Waals surface area contributed by atoms with E-state index in [0.717, 1.165) is 6.08 Å². The summed E-state index contributed by atoms with van der Waals surface area (Å²) in [5.41, 5.74) is -1.33. The summed E-state index contributed by atoms with van der Waals surface area (Å²) < 4.78 is 13.1. The van der Waals surface area contributed by atoms with Crippen LogP contribution in [0.5, 0.6) is 0 Å². The van der Waals surface area contributed by atoms with Crippen molar-refractivity contribution in [2.45, 2.75) is 12.6 Å². The number of hydrogen-bond donors (Lipinski definition) is 2. The summed E-state index contributed by atoms with van der Waals surface area (Å²) in [5.74, 6) is -3.08. The third-order valence-corrected chi connectivity index (χ3v) is 1.64. The van der Waals surface area contributed by atoms with Crippen molar-refractivity contribution >= 4 is 11.9 Å². The minimum Gasteiger partial charge on any atom is -0.478 e. The lowest BCUT2D eigenvalue weighted by Gasteiger charge is -2.08. The molecule has 0 aliphatic heterocycles. The molecule has 0 amide bonds. The van der Waals surface area contributed by atoms with Gasteiger partial charge in [0.2, 0.25) is 0 Å². The Morgan fingerprint density at radius 2 is 1.80 bits per heavy atom. The Hall–Kier alpha value is -1.91. The van der Waals surface area contributed by atoms with Crippen LogP contribution in [0.3, 0.4) is 0 Å². The fourth-order valence-electron chi connectivity index (χ4n) is 0.988. The summed E-state index contributed by atoms with van der Waals surface area (Å²) in [6, 6.07) is 0. The number of carboxylic acids is 2. The minimum absolute atomic E-state index is 0.217. The van der Waals surface area contributed by atoms with E-state index in [1.807, 2.05) is 0 Å². The Labute approximate surface area is 86.0 Å². The third kappa shape index (κ3) is 3.38. The highest BCUT2D eigenvalue weighted by Gasteiger charge is 2.25. The van der Waals surface area contributed by atoms with Crippen molar-refractivity contribution in [2.24, 2.45) is 0 Å². The van der Waals surface area contributed by atoms with Crippen LogP contribution in [-0.2, 0) is 9.59 Å². The normalized spacial score (nSPS) is 13.7. The monoisotopic (exact) mass is 214 g/mol. The standard InChI is InChI=1S/C10H11FO4/c1-3-5-6(9(12)13)8(10(14)15)7(11)4-2/h3-4,7H,1-2,5H2,(H,12,13)(H,14,15). The number of allylic oxidation sites excluding steroid dienone is 2. The maximum Gasteiger partial charge on any atom is 0.335 e. The summed E-state index contributed by atoms with van der Waals surface area (Å²) >= 11 is 0. The van der Waals surface area contributed by atoms with Gasteiger partial charge in [-0.3, -0.25) is 0 Å². The first kappa shape index (κ1) is 13.1. The Bertz CT molecular complexity index is 330. The molecule has 82 valence electrons. The first-order chi connectivity index (χ1) is 6.95. The molecule has 0 saturated carbocycles. The predicted molar refractivity (Wildman–Crippen MR) is 52.2 cm³/mol. The van der Waals surface area contributed by atoms with E-state index in [1.165, 1.54) is 6.08 Å². The van der Waals surface area contributed by atoms with Crippen LogP contribution in [0.4, 0.5) is 4.39 Å². The molecule has 2 N–H and O–H groups in total. The second-order valence-electron chi connectivity index (χ2n) is 2.63. The van der Waals surface area contributed by atoms with Gasteiger partial charge in [-0.2, -0.15) is 0 Å². The molecule has 0 spiro atoms. The summed E-state index contributed by atoms with van der Waals surface area (Å²) in [7, 11) is 0. The van der Waals surface area contributed by atoms with Crippen molar-refractivity contribution in [3.05, 3.63) is 36.5 Å². The van der Waals surface area contributed by atoms with Crippen molar-refractivity contribution < 1.29 is 24.2 Å². The molecule has 0 heterocycles. The second kappa shape index (κ2) is 5.74. The number of halogens is 1. The Morgan fingerprint density at radius 1 is 1.27 bits per heavy atom. The molecule has 0 saturated heterocycles. The number of hydrogen-bond acceptors (Lipinski definition) is 2. The highest BCUT2D eigenvalue weighted by atomic mass is 19.1. The molecule has 1 atom stereocenters. The summed E-state index contributed by atoms with van der Waals surface area (Å²) in [6.45, 7) is 6.35. The van der Waals surface area contributed by atoms with Crippen LogP contribution < -0.4 is 0 Å². The molecule has 1 unspecified atom stereocenters. The van der Waals surface area contributed by atoms with Crippen molar-refractivity contribution in [1.82, 2.24) is 0 Å². The van der Waals surface area contributed by atoms with Crippen LogP contribution in [0.25, 0.3) is 0 Å². The largest absolute Gasteiger partial charge is 0.478 e. The van der Waals surface area contributed by atoms with Gasteiger partial charge in [0.15, 0.2) is 6.17 Å². The van der Waals surface area contributed by atoms with E-state index in [0.29, 0.717) is 0 Å². The molecule has 0 bridgehead atoms. The average molecular weight is 214 g/mol. The fourth-order valence-corrected chi connectivity index (χ4v) is 0.988. The lowest BCUT2D eigenvalue weighted by Crippen LogP contribution is -2.18. The fraction of sp³-hybridized carbons (Fsp3) is 0.200. The topological polar surface area (TPSA) is 74.6 Å². The van der Waals surface area contributed by atoms with E-state index in [2.05, 4.69) is 13.2 Å². The Morgan fingerprint density at radius 3 is 2.07 bits per heavy atom. The van der Waals surface area contributed by atoms with Gasteiger partial charge >= 0.3 is 11.9 Å². The molecule has 0 aromatic rings. The van der Waals surface area contributed by atoms with E-state index in [4.69, 9.17) is 10.2 Å². The van der Waals surface area contributed by atoms with Crippen molar-refractivity contribution in [3.63, 3.8) is 0 Å². The number of carboxylic acid groups (broad SMARTS) is 2. The zero-order chi connectivity index (χ0) is 12.0. The van der Waals surface area contributed by atoms with Crippen LogP contribution in [-0.4, -0.2) is 28.3 Å². The van der Waals surface area contributed by atoms with Gasteiger partial charge in [-0.25, -0.2) is 14.0 Å². The quantitative estimate of drug-likeness (QED) is 0.519. The number of alkyl halides is 1. The van der Waals surface area contributed by atoms with Gasteiger partial charge in [-0.1, -0.05) is 18.7 Å². The first-order valence-electron chi connectivity index (χ1n) is 4.02. The zero-order valence-electron chi connectivity index (χ0n) is 7.94. The smallest absolute Gasteiger partial charge is 0.335 e. The maximum absolute atomic E-state index is 13.1. The number of rotatable bonds is 6. The van der Waals surface area contributed by atoms with E-state index in [9.17, 15) is 14.0 Å². The summed E-state index contributed by atoms with van der Waals surface area (Å²) in [5, 5.41) is 17.4. The lowest BCUT2D eigenvalue weighted by molar-refractivity contribution is -0.136. The van der Waals surface area contributed by atoms with Gasteiger partial charge in [0.05, 0.1) is 11.1 Å². The van der Waals surface area contributed by atoms with Gasteiger partial charge in [0, 0.05) is 0 Å². The van der Waals surface area contributed by atoms with Crippen molar-refractivity contribution in [2.75, 3.05) is 0 Å². The summed E-state index contributed by atoms with van der Waals surface area (Å²) in [6.07, 6.45) is -0.295. The second-order valence-corrected chi connectivity index (χ2v) is 2.63. The molecule has 0 fully saturated rings. The van der Waals surface area contributed by atoms with Crippen molar-refractivity contribution in [3.8, 4) is 0 Å². The SMILES string of the molecule is C=CCC(C(=O)O)=C(C(=O)O)C(F)C=C. The molecule has 0 aliphatic rings. The van der Waals surface area contributed by atoms with Gasteiger partial charge in [-0.15, -0.1) is 6.58 Å². The minimum atomic E-state index is -2.01. The van der Waals surface area contributed by atoms with Crippen LogP contribution >= 0.6 is 0 Å². The highest BCUT2D eigenvalue weighted by Crippen LogP contribution is 2.17. The molecule has 0 aromatic carbocycles. The molecular weight excluding hydrogens is 203 g/mol. The average Bonchev–Trinajstić information content (AvgIpc) is 2.15. The first-order valence-corrected chi connectivity index (χ1v) is 4.02. The third-order valence-electron chi connectivity index (χ3n) is 1.64. The predicted octanol–water partition coefficient (Wildman–Crippen LogP) is 1.55. The van der Waals surface area contributed by atoms with Gasteiger partial charge in [-0.05, 0) is 6.42 Å². The molecule has 0 aliphatic carbocycles. The molecule has 0 rings (SSSR count). The van der Waals surface area contributed by atoms with Crippen LogP contribution in [0.15, 0.2) is 36.5 Å². The molecule has 0 radical (unpaired) electrons. The van der Waals surface area contributed by atoms with Crippen LogP contribution in [0.1, 0.15) is 6.42 Å². The highest BCUT2D eigenvalue weighted by molar-refractivity contribution is 6.00. The Kier molecular flexibility index (Phi) is 5.01. The summed E-state index contributed by atoms with van der Waals surface area (Å²) in [4.78, 5) is 21.4. The Balaban J connectivity index is 5.53. The van der Waals surface area contributed by atoms with Crippen LogP contribution in [0.2, 0.25) is 0 Å².